The van der Waals surface area contributed by atoms with Gasteiger partial charge in [-0.15, -0.1) is 11.3 Å². The molecule has 0 radical (unpaired) electrons. The molecule has 9 aromatic rings. The lowest BCUT2D eigenvalue weighted by Gasteiger charge is -2.39. The van der Waals surface area contributed by atoms with Gasteiger partial charge in [0.1, 0.15) is 5.01 Å². The second-order valence-corrected chi connectivity index (χ2v) is 18.6. The van der Waals surface area contributed by atoms with Crippen molar-refractivity contribution >= 4 is 76.0 Å². The maximum atomic E-state index is 5.09. The summed E-state index contributed by atoms with van der Waals surface area (Å²) in [7, 11) is 0. The third-order valence-corrected chi connectivity index (χ3v) is 15.1. The lowest BCUT2D eigenvalue weighted by atomic mass is 9.76. The molecule has 2 unspecified atom stereocenters. The fourth-order valence-electron chi connectivity index (χ4n) is 11.0. The zero-order chi connectivity index (χ0) is 39.2. The van der Waals surface area contributed by atoms with Crippen LogP contribution in [0.25, 0.3) is 75.0 Å². The molecule has 59 heavy (non-hydrogen) atoms. The quantitative estimate of drug-likeness (QED) is 0.128. The summed E-state index contributed by atoms with van der Waals surface area (Å²) in [6.07, 6.45) is 14.9. The normalized spacial score (nSPS) is 18.4. The Morgan fingerprint density at radius 2 is 1.29 bits per heavy atom. The predicted octanol–water partition coefficient (Wildman–Crippen LogP) is 16.1. The number of fused-ring (bicyclic) bond motifs is 12. The summed E-state index contributed by atoms with van der Waals surface area (Å²) in [6, 6.07) is 52.7. The first kappa shape index (κ1) is 35.0. The molecule has 3 aliphatic carbocycles. The molecule has 1 heterocycles. The van der Waals surface area contributed by atoms with Gasteiger partial charge in [0, 0.05) is 39.4 Å². The molecule has 0 amide bonds. The van der Waals surface area contributed by atoms with Crippen LogP contribution in [0.1, 0.15) is 63.5 Å². The minimum Gasteiger partial charge on any atom is -0.314 e. The van der Waals surface area contributed by atoms with Gasteiger partial charge in [-0.1, -0.05) is 141 Å². The summed E-state index contributed by atoms with van der Waals surface area (Å²) >= 11 is 1.80. The van der Waals surface area contributed by atoms with Crippen LogP contribution in [-0.2, 0) is 5.41 Å². The first-order valence-corrected chi connectivity index (χ1v) is 22.4. The van der Waals surface area contributed by atoms with Crippen LogP contribution in [0.2, 0.25) is 0 Å². The largest absolute Gasteiger partial charge is 0.314 e. The number of aromatic nitrogens is 1. The van der Waals surface area contributed by atoms with Gasteiger partial charge in [0.25, 0.3) is 0 Å². The molecule has 286 valence electrons. The molecule has 0 spiro atoms. The second-order valence-electron chi connectivity index (χ2n) is 17.6. The molecule has 2 atom stereocenters. The lowest BCUT2D eigenvalue weighted by molar-refractivity contribution is 0.359. The van der Waals surface area contributed by atoms with Gasteiger partial charge < -0.3 is 4.90 Å². The molecule has 3 heteroatoms. The van der Waals surface area contributed by atoms with Gasteiger partial charge in [-0.05, 0) is 135 Å². The van der Waals surface area contributed by atoms with E-state index in [1.165, 1.54) is 125 Å². The molecule has 0 fully saturated rings. The summed E-state index contributed by atoms with van der Waals surface area (Å²) in [5.74, 6) is 1.03. The number of anilines is 2. The molecule has 0 saturated heterocycles. The van der Waals surface area contributed by atoms with E-state index in [1.807, 2.05) is 0 Å². The highest BCUT2D eigenvalue weighted by molar-refractivity contribution is 7.22. The van der Waals surface area contributed by atoms with Crippen LogP contribution in [0, 0.1) is 11.8 Å². The summed E-state index contributed by atoms with van der Waals surface area (Å²) in [5.41, 5.74) is 11.8. The molecule has 0 saturated carbocycles. The van der Waals surface area contributed by atoms with Gasteiger partial charge in [-0.25, -0.2) is 4.98 Å². The van der Waals surface area contributed by atoms with Crippen molar-refractivity contribution in [1.82, 2.24) is 4.98 Å². The fraction of sp³-hybridized carbons (Fsp3) is 0.196. The zero-order valence-corrected chi connectivity index (χ0v) is 34.5. The third-order valence-electron chi connectivity index (χ3n) is 14.0. The molecule has 12 rings (SSSR count). The van der Waals surface area contributed by atoms with Crippen LogP contribution < -0.4 is 4.90 Å². The van der Waals surface area contributed by atoms with Crippen molar-refractivity contribution in [3.05, 3.63) is 175 Å². The number of allylic oxidation sites excluding steroid dienone is 4. The van der Waals surface area contributed by atoms with Gasteiger partial charge in [-0.2, -0.15) is 0 Å². The average Bonchev–Trinajstić information content (AvgIpc) is 3.84. The SMILES string of the molecule is CC1(C)c2ccccc2-c2c1ccc1c2ccc2ccc(N(C3=CCCCC3C3C=CCCC3)c3ccc4ccc5c(ccc6nc(-c7ccccc7)sc65)c4c3)cc21. The van der Waals surface area contributed by atoms with Crippen LogP contribution in [0.4, 0.5) is 11.4 Å². The number of nitrogens with zero attached hydrogens (tertiary/aromatic N) is 2. The average molecular weight is 779 g/mol. The van der Waals surface area contributed by atoms with E-state index in [9.17, 15) is 0 Å². The molecule has 3 aliphatic rings. The van der Waals surface area contributed by atoms with Gasteiger partial charge >= 0.3 is 0 Å². The van der Waals surface area contributed by atoms with Gasteiger partial charge in [0.2, 0.25) is 0 Å². The molecule has 8 aromatic carbocycles. The Labute approximate surface area is 350 Å². The van der Waals surface area contributed by atoms with E-state index in [0.29, 0.717) is 11.8 Å². The van der Waals surface area contributed by atoms with Crippen LogP contribution in [0.3, 0.4) is 0 Å². The Kier molecular flexibility index (Phi) is 8.01. The minimum absolute atomic E-state index is 0.0278. The topological polar surface area (TPSA) is 16.1 Å². The molecular formula is C56H46N2S. The molecule has 0 bridgehead atoms. The second kappa shape index (κ2) is 13.5. The Morgan fingerprint density at radius 1 is 0.610 bits per heavy atom. The zero-order valence-electron chi connectivity index (χ0n) is 33.7. The highest BCUT2D eigenvalue weighted by Gasteiger charge is 2.36. The van der Waals surface area contributed by atoms with E-state index >= 15 is 0 Å². The third kappa shape index (κ3) is 5.47. The number of benzene rings is 8. The summed E-state index contributed by atoms with van der Waals surface area (Å²) in [6.45, 7) is 4.76. The maximum Gasteiger partial charge on any atom is 0.124 e. The van der Waals surface area contributed by atoms with Crippen LogP contribution in [0.15, 0.2) is 163 Å². The van der Waals surface area contributed by atoms with Crippen molar-refractivity contribution < 1.29 is 0 Å². The molecule has 0 aliphatic heterocycles. The first-order chi connectivity index (χ1) is 29.0. The number of rotatable bonds is 5. The van der Waals surface area contributed by atoms with Crippen LogP contribution >= 0.6 is 11.3 Å². The van der Waals surface area contributed by atoms with Crippen molar-refractivity contribution in [2.45, 2.75) is 57.8 Å². The van der Waals surface area contributed by atoms with Crippen molar-refractivity contribution in [3.8, 4) is 21.7 Å². The number of hydrogen-bond donors (Lipinski definition) is 0. The van der Waals surface area contributed by atoms with Crippen molar-refractivity contribution in [2.75, 3.05) is 4.90 Å². The maximum absolute atomic E-state index is 5.09. The fourth-order valence-corrected chi connectivity index (χ4v) is 12.1. The van der Waals surface area contributed by atoms with Crippen LogP contribution in [0.5, 0.6) is 0 Å². The minimum atomic E-state index is -0.0278. The lowest BCUT2D eigenvalue weighted by Crippen LogP contribution is -2.29. The predicted molar refractivity (Wildman–Crippen MR) is 253 cm³/mol. The van der Waals surface area contributed by atoms with Crippen molar-refractivity contribution in [2.24, 2.45) is 11.8 Å². The molecule has 1 aromatic heterocycles. The summed E-state index contributed by atoms with van der Waals surface area (Å²) < 4.78 is 1.25. The van der Waals surface area contributed by atoms with Crippen LogP contribution in [-0.4, -0.2) is 4.98 Å². The highest BCUT2D eigenvalue weighted by atomic mass is 32.1. The van der Waals surface area contributed by atoms with Gasteiger partial charge in [-0.3, -0.25) is 0 Å². The summed E-state index contributed by atoms with van der Waals surface area (Å²) in [4.78, 5) is 7.74. The van der Waals surface area contributed by atoms with E-state index in [0.717, 1.165) is 16.9 Å². The van der Waals surface area contributed by atoms with E-state index in [2.05, 4.69) is 177 Å². The Balaban J connectivity index is 1.06. The van der Waals surface area contributed by atoms with E-state index in [-0.39, 0.29) is 5.41 Å². The van der Waals surface area contributed by atoms with Crippen molar-refractivity contribution in [1.29, 1.82) is 0 Å². The molecular weight excluding hydrogens is 733 g/mol. The monoisotopic (exact) mass is 778 g/mol. The first-order valence-electron chi connectivity index (χ1n) is 21.6. The Hall–Kier alpha value is -6.03. The molecule has 0 N–H and O–H groups in total. The van der Waals surface area contributed by atoms with Crippen molar-refractivity contribution in [3.63, 3.8) is 0 Å². The number of thiazole rings is 1. The molecule has 2 nitrogen and oxygen atoms in total. The number of hydrogen-bond acceptors (Lipinski definition) is 3. The standard InChI is InChI=1S/C56H46N2S/c1-56(2)49-19-11-9-18-46(49)53-44-27-23-36-21-25-39(33-47(36)42(44)29-31-50(53)56)58(52-20-12-10-17-41(52)35-13-5-3-6-14-35)40-26-22-37-24-28-45-43(48(37)34-40)30-32-51-54(45)59-55(57-51)38-15-7-4-8-16-38/h4-5,7-9,11,13,15-16,18-35,41H,3,6,10,12,14,17H2,1-2H3. The van der Waals surface area contributed by atoms with E-state index < -0.39 is 0 Å². The van der Waals surface area contributed by atoms with Gasteiger partial charge in [0.15, 0.2) is 0 Å². The summed E-state index contributed by atoms with van der Waals surface area (Å²) in [5, 5.41) is 11.4. The Morgan fingerprint density at radius 3 is 2.07 bits per heavy atom. The smallest absolute Gasteiger partial charge is 0.124 e. The highest BCUT2D eigenvalue weighted by Crippen LogP contribution is 2.52. The Bertz CT molecular complexity index is 3220. The van der Waals surface area contributed by atoms with E-state index in [1.54, 1.807) is 11.3 Å². The van der Waals surface area contributed by atoms with Gasteiger partial charge in [0.05, 0.1) is 10.2 Å². The van der Waals surface area contributed by atoms with E-state index in [4.69, 9.17) is 4.98 Å².